The van der Waals surface area contributed by atoms with Crippen LogP contribution in [0.4, 0.5) is 21.0 Å². The molecule has 2 amide bonds. The van der Waals surface area contributed by atoms with Gasteiger partial charge in [-0.05, 0) is 80.1 Å². The minimum Gasteiger partial charge on any atom is -0.443 e. The van der Waals surface area contributed by atoms with Crippen LogP contribution in [0.15, 0.2) is 72.8 Å². The number of carbonyl (C=O) groups excluding carboxylic acids is 2. The van der Waals surface area contributed by atoms with Crippen LogP contribution in [0.3, 0.4) is 0 Å². The highest BCUT2D eigenvalue weighted by Gasteiger charge is 2.57. The summed E-state index contributed by atoms with van der Waals surface area (Å²) in [6, 6.07) is 23.6. The summed E-state index contributed by atoms with van der Waals surface area (Å²) in [6.07, 6.45) is -0.299. The molecule has 2 aliphatic heterocycles. The molecule has 0 radical (unpaired) electrons. The first-order chi connectivity index (χ1) is 18.9. The lowest BCUT2D eigenvalue weighted by molar-refractivity contribution is 0.0515. The zero-order valence-electron chi connectivity index (χ0n) is 24.2. The number of anilines is 2. The maximum Gasteiger partial charge on any atom is 0.417 e. The van der Waals surface area contributed by atoms with Crippen LogP contribution in [0.5, 0.6) is 5.75 Å². The van der Waals surface area contributed by atoms with Crippen LogP contribution in [0.2, 0.25) is 0 Å². The average Bonchev–Trinajstić information content (AvgIpc) is 3.34. The van der Waals surface area contributed by atoms with Crippen molar-refractivity contribution in [3.05, 3.63) is 89.5 Å². The van der Waals surface area contributed by atoms with Gasteiger partial charge in [0.05, 0.1) is 5.69 Å². The third kappa shape index (κ3) is 5.56. The van der Waals surface area contributed by atoms with Crippen LogP contribution < -0.4 is 15.0 Å². The van der Waals surface area contributed by atoms with E-state index >= 15 is 0 Å². The monoisotopic (exact) mass is 541 g/mol. The van der Waals surface area contributed by atoms with Crippen molar-refractivity contribution in [2.45, 2.75) is 77.6 Å². The van der Waals surface area contributed by atoms with Gasteiger partial charge in [-0.1, -0.05) is 63.2 Å². The first kappa shape index (κ1) is 27.7. The number of carbonyl (C=O) groups is 2. The zero-order chi connectivity index (χ0) is 28.7. The molecule has 2 atom stereocenters. The largest absolute Gasteiger partial charge is 0.443 e. The second kappa shape index (κ2) is 10.6. The SMILES string of the molecule is CC(C)c1ccc(NC(=O)Oc2ccc3c(c2)[C@]2(C)CCN(Cc4ccccc4)C2N3C(=O)OC(C)(C)C)cc1. The van der Waals surface area contributed by atoms with Crippen molar-refractivity contribution in [3.63, 3.8) is 0 Å². The van der Waals surface area contributed by atoms with Gasteiger partial charge in [0.15, 0.2) is 0 Å². The Balaban J connectivity index is 1.41. The van der Waals surface area contributed by atoms with Crippen LogP contribution >= 0.6 is 0 Å². The van der Waals surface area contributed by atoms with E-state index in [-0.39, 0.29) is 17.7 Å². The van der Waals surface area contributed by atoms with Gasteiger partial charge in [0.2, 0.25) is 0 Å². The molecule has 1 saturated heterocycles. The summed E-state index contributed by atoms with van der Waals surface area (Å²) in [4.78, 5) is 30.5. The lowest BCUT2D eigenvalue weighted by Crippen LogP contribution is -2.52. The van der Waals surface area contributed by atoms with Crippen molar-refractivity contribution >= 4 is 23.6 Å². The van der Waals surface area contributed by atoms with Gasteiger partial charge in [0.25, 0.3) is 0 Å². The Morgan fingerprint density at radius 1 is 1.02 bits per heavy atom. The Morgan fingerprint density at radius 2 is 1.73 bits per heavy atom. The van der Waals surface area contributed by atoms with Gasteiger partial charge in [0, 0.05) is 24.2 Å². The molecule has 1 unspecified atom stereocenters. The first-order valence-electron chi connectivity index (χ1n) is 14.0. The van der Waals surface area contributed by atoms with Crippen LogP contribution in [0.1, 0.15) is 70.6 Å². The number of rotatable bonds is 5. The third-order valence-electron chi connectivity index (χ3n) is 7.77. The predicted molar refractivity (Wildman–Crippen MR) is 158 cm³/mol. The molecular weight excluding hydrogens is 502 g/mol. The number of likely N-dealkylation sites (tertiary alicyclic amines) is 1. The molecule has 210 valence electrons. The Morgan fingerprint density at radius 3 is 2.38 bits per heavy atom. The van der Waals surface area contributed by atoms with Crippen LogP contribution in [-0.2, 0) is 16.7 Å². The predicted octanol–water partition coefficient (Wildman–Crippen LogP) is 7.67. The van der Waals surface area contributed by atoms with E-state index in [4.69, 9.17) is 9.47 Å². The molecule has 2 heterocycles. The fourth-order valence-electron chi connectivity index (χ4n) is 5.82. The lowest BCUT2D eigenvalue weighted by Gasteiger charge is -2.36. The van der Waals surface area contributed by atoms with Crippen molar-refractivity contribution in [1.29, 1.82) is 0 Å². The van der Waals surface area contributed by atoms with Crippen molar-refractivity contribution in [1.82, 2.24) is 4.90 Å². The molecule has 1 fully saturated rings. The zero-order valence-corrected chi connectivity index (χ0v) is 24.2. The van der Waals surface area contributed by atoms with E-state index in [9.17, 15) is 9.59 Å². The minimum absolute atomic E-state index is 0.221. The number of benzene rings is 3. The molecule has 7 heteroatoms. The van der Waals surface area contributed by atoms with E-state index in [1.54, 1.807) is 11.0 Å². The van der Waals surface area contributed by atoms with Crippen LogP contribution in [-0.4, -0.2) is 35.4 Å². The normalized spacial score (nSPS) is 20.3. The van der Waals surface area contributed by atoms with E-state index in [0.29, 0.717) is 17.4 Å². The smallest absolute Gasteiger partial charge is 0.417 e. The summed E-state index contributed by atoms with van der Waals surface area (Å²) >= 11 is 0. The van der Waals surface area contributed by atoms with Crippen molar-refractivity contribution in [2.75, 3.05) is 16.8 Å². The molecule has 3 aromatic rings. The Bertz CT molecular complexity index is 1380. The first-order valence-corrected chi connectivity index (χ1v) is 14.0. The summed E-state index contributed by atoms with van der Waals surface area (Å²) in [5.41, 5.74) is 3.84. The van der Waals surface area contributed by atoms with E-state index in [1.165, 1.54) is 11.1 Å². The van der Waals surface area contributed by atoms with Gasteiger partial charge in [-0.15, -0.1) is 0 Å². The summed E-state index contributed by atoms with van der Waals surface area (Å²) < 4.78 is 11.6. The Hall–Kier alpha value is -3.84. The molecule has 2 aliphatic rings. The second-order valence-electron chi connectivity index (χ2n) is 12.3. The van der Waals surface area contributed by atoms with Crippen molar-refractivity contribution < 1.29 is 19.1 Å². The maximum atomic E-state index is 13.6. The highest BCUT2D eigenvalue weighted by molar-refractivity contribution is 5.93. The quantitative estimate of drug-likeness (QED) is 0.359. The summed E-state index contributed by atoms with van der Waals surface area (Å²) in [5.74, 6) is 0.847. The van der Waals surface area contributed by atoms with E-state index in [1.807, 2.05) is 75.4 Å². The molecule has 0 aliphatic carbocycles. The van der Waals surface area contributed by atoms with Gasteiger partial charge in [0.1, 0.15) is 17.5 Å². The number of ether oxygens (including phenoxy) is 2. The molecule has 0 aromatic heterocycles. The lowest BCUT2D eigenvalue weighted by atomic mass is 9.81. The summed E-state index contributed by atoms with van der Waals surface area (Å²) in [6.45, 7) is 13.6. The molecule has 1 N–H and O–H groups in total. The molecule has 5 rings (SSSR count). The molecule has 0 saturated carbocycles. The molecule has 3 aromatic carbocycles. The number of amides is 2. The Kier molecular flexibility index (Phi) is 7.36. The van der Waals surface area contributed by atoms with E-state index in [0.717, 1.165) is 30.8 Å². The fourth-order valence-corrected chi connectivity index (χ4v) is 5.82. The van der Waals surface area contributed by atoms with Gasteiger partial charge in [-0.3, -0.25) is 15.1 Å². The highest BCUT2D eigenvalue weighted by atomic mass is 16.6. The molecule has 0 bridgehead atoms. The maximum absolute atomic E-state index is 13.6. The van der Waals surface area contributed by atoms with E-state index in [2.05, 4.69) is 43.1 Å². The van der Waals surface area contributed by atoms with Gasteiger partial charge < -0.3 is 9.47 Å². The number of fused-ring (bicyclic) bond motifs is 3. The standard InChI is InChI=1S/C33H39N3O4/c1-22(2)24-12-14-25(15-13-24)34-30(37)39-26-16-17-28-27(20-26)33(6)18-19-35(21-23-10-8-7-9-11-23)29(33)36(28)31(38)40-32(3,4)5/h7-17,20,22,29H,18-19,21H2,1-6H3,(H,34,37)/t29?,33-/m0/s1. The number of hydrogen-bond donors (Lipinski definition) is 1. The van der Waals surface area contributed by atoms with E-state index < -0.39 is 11.7 Å². The second-order valence-corrected chi connectivity index (χ2v) is 12.3. The summed E-state index contributed by atoms with van der Waals surface area (Å²) in [5, 5.41) is 2.81. The number of hydrogen-bond acceptors (Lipinski definition) is 5. The highest BCUT2D eigenvalue weighted by Crippen LogP contribution is 2.53. The third-order valence-corrected chi connectivity index (χ3v) is 7.77. The van der Waals surface area contributed by atoms with Gasteiger partial charge in [-0.25, -0.2) is 9.59 Å². The molecule has 40 heavy (non-hydrogen) atoms. The van der Waals surface area contributed by atoms with Gasteiger partial charge in [-0.2, -0.15) is 0 Å². The van der Waals surface area contributed by atoms with Crippen LogP contribution in [0.25, 0.3) is 0 Å². The number of nitrogens with one attached hydrogen (secondary N) is 1. The molecule has 7 nitrogen and oxygen atoms in total. The van der Waals surface area contributed by atoms with Crippen molar-refractivity contribution in [3.8, 4) is 5.75 Å². The summed E-state index contributed by atoms with van der Waals surface area (Å²) in [7, 11) is 0. The van der Waals surface area contributed by atoms with Crippen molar-refractivity contribution in [2.24, 2.45) is 0 Å². The average molecular weight is 542 g/mol. The fraction of sp³-hybridized carbons (Fsp3) is 0.394. The Labute approximate surface area is 237 Å². The number of nitrogens with zero attached hydrogens (tertiary/aromatic N) is 2. The molecule has 0 spiro atoms. The molecular formula is C33H39N3O4. The topological polar surface area (TPSA) is 71.1 Å². The minimum atomic E-state index is -0.631. The van der Waals surface area contributed by atoms with Crippen LogP contribution in [0, 0.1) is 0 Å². The van der Waals surface area contributed by atoms with Gasteiger partial charge >= 0.3 is 12.2 Å².